The van der Waals surface area contributed by atoms with Crippen LogP contribution in [0, 0.1) is 0 Å². The van der Waals surface area contributed by atoms with E-state index in [9.17, 15) is 0 Å². The predicted octanol–water partition coefficient (Wildman–Crippen LogP) is 2.65. The molecular weight excluding hydrogens is 224 g/mol. The summed E-state index contributed by atoms with van der Waals surface area (Å²) in [6, 6.07) is 1.22. The number of nitrogens with zero attached hydrogens (tertiary/aromatic N) is 1. The molecule has 1 fully saturated rings. The van der Waals surface area contributed by atoms with Gasteiger partial charge in [0.2, 0.25) is 0 Å². The first-order chi connectivity index (χ1) is 8.37. The maximum Gasteiger partial charge on any atom is 0.0674 e. The average molecular weight is 256 g/mol. The zero-order valence-electron chi connectivity index (χ0n) is 13.1. The van der Waals surface area contributed by atoms with E-state index >= 15 is 0 Å². The standard InChI is InChI=1S/C15H32N2O/c1-7-13(9-16-15(4,5)6)17-10-12(3)18-11-14(17)8-2/h12-14,16H,7-11H2,1-6H3. The zero-order valence-corrected chi connectivity index (χ0v) is 13.1. The van der Waals surface area contributed by atoms with Gasteiger partial charge in [-0.15, -0.1) is 0 Å². The number of morpholine rings is 1. The van der Waals surface area contributed by atoms with Gasteiger partial charge in [0.1, 0.15) is 0 Å². The minimum atomic E-state index is 0.201. The fourth-order valence-corrected chi connectivity index (χ4v) is 2.59. The summed E-state index contributed by atoms with van der Waals surface area (Å²) in [5, 5.41) is 3.65. The Morgan fingerprint density at radius 1 is 1.33 bits per heavy atom. The molecule has 0 amide bonds. The number of ether oxygens (including phenoxy) is 1. The second-order valence-electron chi connectivity index (χ2n) is 6.60. The molecule has 0 radical (unpaired) electrons. The Morgan fingerprint density at radius 2 is 2.00 bits per heavy atom. The summed E-state index contributed by atoms with van der Waals surface area (Å²) < 4.78 is 5.79. The first-order valence-corrected chi connectivity index (χ1v) is 7.49. The Hall–Kier alpha value is -0.120. The fraction of sp³-hybridized carbons (Fsp3) is 1.00. The van der Waals surface area contributed by atoms with Crippen LogP contribution in [-0.4, -0.2) is 48.3 Å². The van der Waals surface area contributed by atoms with Crippen molar-refractivity contribution in [2.45, 2.75) is 78.1 Å². The van der Waals surface area contributed by atoms with Crippen LogP contribution >= 0.6 is 0 Å². The van der Waals surface area contributed by atoms with E-state index < -0.39 is 0 Å². The molecule has 1 aliphatic rings. The van der Waals surface area contributed by atoms with Crippen molar-refractivity contribution in [3.8, 4) is 0 Å². The van der Waals surface area contributed by atoms with Gasteiger partial charge in [0.15, 0.2) is 0 Å². The maximum atomic E-state index is 5.79. The van der Waals surface area contributed by atoms with Gasteiger partial charge in [-0.25, -0.2) is 0 Å². The molecule has 0 aromatic rings. The molecule has 0 bridgehead atoms. The predicted molar refractivity (Wildman–Crippen MR) is 78.0 cm³/mol. The van der Waals surface area contributed by atoms with Gasteiger partial charge < -0.3 is 10.1 Å². The highest BCUT2D eigenvalue weighted by Gasteiger charge is 2.30. The summed E-state index contributed by atoms with van der Waals surface area (Å²) in [4.78, 5) is 2.66. The van der Waals surface area contributed by atoms with Crippen molar-refractivity contribution in [3.05, 3.63) is 0 Å². The molecule has 0 spiro atoms. The van der Waals surface area contributed by atoms with E-state index in [1.54, 1.807) is 0 Å². The minimum Gasteiger partial charge on any atom is -0.376 e. The lowest BCUT2D eigenvalue weighted by molar-refractivity contribution is -0.0731. The summed E-state index contributed by atoms with van der Waals surface area (Å²) in [7, 11) is 0. The molecule has 3 heteroatoms. The van der Waals surface area contributed by atoms with E-state index in [1.807, 2.05) is 0 Å². The van der Waals surface area contributed by atoms with Gasteiger partial charge >= 0.3 is 0 Å². The van der Waals surface area contributed by atoms with E-state index in [1.165, 1.54) is 12.8 Å². The number of hydrogen-bond acceptors (Lipinski definition) is 3. The molecule has 1 rings (SSSR count). The van der Waals surface area contributed by atoms with Crippen LogP contribution in [-0.2, 0) is 4.74 Å². The van der Waals surface area contributed by atoms with Crippen LogP contribution in [0.2, 0.25) is 0 Å². The van der Waals surface area contributed by atoms with Crippen molar-refractivity contribution in [2.75, 3.05) is 19.7 Å². The van der Waals surface area contributed by atoms with Crippen molar-refractivity contribution in [1.29, 1.82) is 0 Å². The van der Waals surface area contributed by atoms with Crippen molar-refractivity contribution in [1.82, 2.24) is 10.2 Å². The molecular formula is C15H32N2O. The van der Waals surface area contributed by atoms with Gasteiger partial charge in [0.25, 0.3) is 0 Å². The molecule has 1 heterocycles. The van der Waals surface area contributed by atoms with Gasteiger partial charge in [-0.2, -0.15) is 0 Å². The van der Waals surface area contributed by atoms with E-state index in [0.717, 1.165) is 19.7 Å². The van der Waals surface area contributed by atoms with Crippen LogP contribution in [0.3, 0.4) is 0 Å². The average Bonchev–Trinajstić information content (AvgIpc) is 2.28. The summed E-state index contributed by atoms with van der Waals surface area (Å²) >= 11 is 0. The lowest BCUT2D eigenvalue weighted by Gasteiger charge is -2.43. The topological polar surface area (TPSA) is 24.5 Å². The normalized spacial score (nSPS) is 28.3. The Kier molecular flexibility index (Phi) is 6.09. The molecule has 1 aliphatic heterocycles. The third-order valence-corrected chi connectivity index (χ3v) is 3.79. The molecule has 3 atom stereocenters. The summed E-state index contributed by atoms with van der Waals surface area (Å²) in [6.45, 7) is 16.5. The molecule has 0 aromatic heterocycles. The molecule has 18 heavy (non-hydrogen) atoms. The first kappa shape index (κ1) is 15.9. The Morgan fingerprint density at radius 3 is 2.50 bits per heavy atom. The zero-order chi connectivity index (χ0) is 13.8. The maximum absolute atomic E-state index is 5.79. The van der Waals surface area contributed by atoms with Gasteiger partial charge in [0, 0.05) is 30.7 Å². The monoisotopic (exact) mass is 256 g/mol. The second kappa shape index (κ2) is 6.88. The Bertz CT molecular complexity index is 237. The Balaban J connectivity index is 2.60. The number of hydrogen-bond donors (Lipinski definition) is 1. The third kappa shape index (κ3) is 4.87. The van der Waals surface area contributed by atoms with E-state index in [4.69, 9.17) is 4.74 Å². The molecule has 1 N–H and O–H groups in total. The molecule has 0 aliphatic carbocycles. The molecule has 0 saturated carbocycles. The van der Waals surface area contributed by atoms with Crippen molar-refractivity contribution >= 4 is 0 Å². The minimum absolute atomic E-state index is 0.201. The van der Waals surface area contributed by atoms with Crippen molar-refractivity contribution in [3.63, 3.8) is 0 Å². The summed E-state index contributed by atoms with van der Waals surface area (Å²) in [5.41, 5.74) is 0.201. The lowest BCUT2D eigenvalue weighted by Crippen LogP contribution is -2.56. The van der Waals surface area contributed by atoms with Crippen LogP contribution in [0.4, 0.5) is 0 Å². The first-order valence-electron chi connectivity index (χ1n) is 7.49. The van der Waals surface area contributed by atoms with Crippen LogP contribution in [0.25, 0.3) is 0 Å². The molecule has 0 aromatic carbocycles. The fourth-order valence-electron chi connectivity index (χ4n) is 2.59. The van der Waals surface area contributed by atoms with Gasteiger partial charge in [-0.1, -0.05) is 13.8 Å². The van der Waals surface area contributed by atoms with Crippen LogP contribution in [0.15, 0.2) is 0 Å². The molecule has 1 saturated heterocycles. The van der Waals surface area contributed by atoms with Crippen LogP contribution in [0.5, 0.6) is 0 Å². The smallest absolute Gasteiger partial charge is 0.0674 e. The second-order valence-corrected chi connectivity index (χ2v) is 6.60. The van der Waals surface area contributed by atoms with Crippen molar-refractivity contribution < 1.29 is 4.74 Å². The highest BCUT2D eigenvalue weighted by Crippen LogP contribution is 2.19. The van der Waals surface area contributed by atoms with Crippen LogP contribution in [0.1, 0.15) is 54.4 Å². The number of nitrogens with one attached hydrogen (secondary N) is 1. The summed E-state index contributed by atoms with van der Waals surface area (Å²) in [5.74, 6) is 0. The highest BCUT2D eigenvalue weighted by molar-refractivity contribution is 4.86. The Labute approximate surface area is 113 Å². The van der Waals surface area contributed by atoms with E-state index in [-0.39, 0.29) is 5.54 Å². The SMILES string of the molecule is CCC(CNC(C)(C)C)N1CC(C)OCC1CC. The molecule has 3 unspecified atom stereocenters. The lowest BCUT2D eigenvalue weighted by atomic mass is 10.0. The van der Waals surface area contributed by atoms with Gasteiger partial charge in [-0.05, 0) is 40.5 Å². The highest BCUT2D eigenvalue weighted by atomic mass is 16.5. The molecule has 3 nitrogen and oxygen atoms in total. The van der Waals surface area contributed by atoms with Gasteiger partial charge in [-0.3, -0.25) is 4.90 Å². The third-order valence-electron chi connectivity index (χ3n) is 3.79. The quantitative estimate of drug-likeness (QED) is 0.818. The van der Waals surface area contributed by atoms with E-state index in [2.05, 4.69) is 51.8 Å². The van der Waals surface area contributed by atoms with Gasteiger partial charge in [0.05, 0.1) is 12.7 Å². The number of rotatable bonds is 5. The largest absolute Gasteiger partial charge is 0.376 e. The van der Waals surface area contributed by atoms with Crippen LogP contribution < -0.4 is 5.32 Å². The van der Waals surface area contributed by atoms with E-state index in [0.29, 0.717) is 18.2 Å². The summed E-state index contributed by atoms with van der Waals surface area (Å²) in [6.07, 6.45) is 2.75. The van der Waals surface area contributed by atoms with Crippen molar-refractivity contribution in [2.24, 2.45) is 0 Å². The molecule has 108 valence electrons.